The summed E-state index contributed by atoms with van der Waals surface area (Å²) in [6.45, 7) is 3.80. The molecule has 2 amide bonds. The number of thioether (sulfide) groups is 1. The second kappa shape index (κ2) is 14.9. The second-order valence-electron chi connectivity index (χ2n) is 10.1. The van der Waals surface area contributed by atoms with Gasteiger partial charge in [0.2, 0.25) is 11.8 Å². The molecular weight excluding hydrogens is 579 g/mol. The number of benzene rings is 4. The van der Waals surface area contributed by atoms with Gasteiger partial charge in [0, 0.05) is 24.4 Å². The minimum absolute atomic E-state index is 0.0813. The molecule has 1 atom stereocenters. The first-order valence-corrected chi connectivity index (χ1v) is 16.8. The fourth-order valence-electron chi connectivity index (χ4n) is 4.74. The van der Waals surface area contributed by atoms with Crippen molar-refractivity contribution in [3.63, 3.8) is 0 Å². The molecule has 0 saturated heterocycles. The quantitative estimate of drug-likeness (QED) is 0.195. The number of amides is 2. The van der Waals surface area contributed by atoms with Crippen molar-refractivity contribution in [1.82, 2.24) is 10.2 Å². The molecule has 4 aromatic rings. The molecule has 0 aliphatic heterocycles. The summed E-state index contributed by atoms with van der Waals surface area (Å²) in [7, 11) is -4.13. The maximum absolute atomic E-state index is 14.4. The van der Waals surface area contributed by atoms with E-state index in [1.54, 1.807) is 36.4 Å². The van der Waals surface area contributed by atoms with Gasteiger partial charge in [-0.05, 0) is 67.6 Å². The van der Waals surface area contributed by atoms with Crippen LogP contribution in [0.2, 0.25) is 0 Å². The number of carbonyl (C=O) groups is 2. The number of sulfonamides is 1. The lowest BCUT2D eigenvalue weighted by Gasteiger charge is -2.33. The number of carbonyl (C=O) groups excluding carboxylic acids is 2. The van der Waals surface area contributed by atoms with Crippen molar-refractivity contribution in [3.05, 3.63) is 126 Å². The Hall–Kier alpha value is -4.08. The van der Waals surface area contributed by atoms with E-state index in [9.17, 15) is 18.0 Å². The number of likely N-dealkylation sites (N-methyl/N-ethyl adjacent to an activating group) is 1. The van der Waals surface area contributed by atoms with E-state index < -0.39 is 28.5 Å². The molecule has 0 spiro atoms. The lowest BCUT2D eigenvalue weighted by molar-refractivity contribution is -0.140. The van der Waals surface area contributed by atoms with Crippen LogP contribution in [-0.2, 0) is 32.6 Å². The van der Waals surface area contributed by atoms with Gasteiger partial charge in [0.1, 0.15) is 12.6 Å². The van der Waals surface area contributed by atoms with Gasteiger partial charge in [-0.1, -0.05) is 78.4 Å². The molecule has 0 heterocycles. The number of nitrogens with one attached hydrogen (secondary N) is 1. The molecule has 0 aromatic heterocycles. The van der Waals surface area contributed by atoms with Gasteiger partial charge < -0.3 is 10.2 Å². The molecule has 0 saturated carbocycles. The molecule has 43 heavy (non-hydrogen) atoms. The maximum atomic E-state index is 14.4. The fourth-order valence-corrected chi connectivity index (χ4v) is 6.56. The zero-order valence-corrected chi connectivity index (χ0v) is 26.3. The predicted molar refractivity (Wildman–Crippen MR) is 174 cm³/mol. The molecule has 1 N–H and O–H groups in total. The van der Waals surface area contributed by atoms with E-state index in [-0.39, 0.29) is 23.8 Å². The van der Waals surface area contributed by atoms with Crippen LogP contribution >= 0.6 is 11.8 Å². The van der Waals surface area contributed by atoms with E-state index in [0.29, 0.717) is 12.2 Å². The SMILES string of the molecule is CCNC(=O)[C@@H](Cc1ccccc1)N(Cc1ccccc1)C(=O)CN(c1ccc(C)cc1)S(=O)(=O)c1ccc(SC)cc1. The third kappa shape index (κ3) is 8.27. The molecule has 0 fully saturated rings. The van der Waals surface area contributed by atoms with Gasteiger partial charge in [0.05, 0.1) is 10.6 Å². The van der Waals surface area contributed by atoms with Crippen molar-refractivity contribution in [3.8, 4) is 0 Å². The molecule has 9 heteroatoms. The molecule has 0 aliphatic carbocycles. The highest BCUT2D eigenvalue weighted by atomic mass is 32.2. The van der Waals surface area contributed by atoms with Crippen molar-refractivity contribution >= 4 is 39.3 Å². The maximum Gasteiger partial charge on any atom is 0.264 e. The zero-order chi connectivity index (χ0) is 30.8. The minimum Gasteiger partial charge on any atom is -0.355 e. The Morgan fingerprint density at radius 1 is 0.814 bits per heavy atom. The van der Waals surface area contributed by atoms with E-state index in [4.69, 9.17) is 0 Å². The summed E-state index contributed by atoms with van der Waals surface area (Å²) in [4.78, 5) is 30.4. The van der Waals surface area contributed by atoms with Crippen LogP contribution in [0.15, 0.2) is 119 Å². The van der Waals surface area contributed by atoms with Crippen LogP contribution in [0, 0.1) is 6.92 Å². The molecule has 224 valence electrons. The predicted octanol–water partition coefficient (Wildman–Crippen LogP) is 5.69. The van der Waals surface area contributed by atoms with Crippen LogP contribution in [0.25, 0.3) is 0 Å². The third-order valence-electron chi connectivity index (χ3n) is 7.07. The van der Waals surface area contributed by atoms with Crippen LogP contribution in [0.4, 0.5) is 5.69 Å². The average molecular weight is 616 g/mol. The number of rotatable bonds is 13. The minimum atomic E-state index is -4.13. The smallest absolute Gasteiger partial charge is 0.264 e. The highest BCUT2D eigenvalue weighted by molar-refractivity contribution is 7.98. The van der Waals surface area contributed by atoms with E-state index in [1.807, 2.05) is 92.9 Å². The Labute approximate surface area is 259 Å². The van der Waals surface area contributed by atoms with Gasteiger partial charge in [0.25, 0.3) is 10.0 Å². The normalized spacial score (nSPS) is 11.9. The molecule has 0 aliphatic rings. The summed E-state index contributed by atoms with van der Waals surface area (Å²) in [5, 5.41) is 2.88. The van der Waals surface area contributed by atoms with Gasteiger partial charge in [0.15, 0.2) is 0 Å². The van der Waals surface area contributed by atoms with Crippen LogP contribution in [-0.4, -0.2) is 50.5 Å². The Balaban J connectivity index is 1.77. The lowest BCUT2D eigenvalue weighted by atomic mass is 10.0. The summed E-state index contributed by atoms with van der Waals surface area (Å²) in [5.41, 5.74) is 3.05. The molecule has 7 nitrogen and oxygen atoms in total. The lowest BCUT2D eigenvalue weighted by Crippen LogP contribution is -2.53. The largest absolute Gasteiger partial charge is 0.355 e. The van der Waals surface area contributed by atoms with E-state index in [1.165, 1.54) is 16.7 Å². The standard InChI is InChI=1S/C34H37N3O4S2/c1-4-35-34(39)32(23-27-11-7-5-8-12-27)36(24-28-13-9-6-10-14-28)33(38)25-37(29-17-15-26(2)16-18-29)43(40,41)31-21-19-30(42-3)20-22-31/h5-22,32H,4,23-25H2,1-3H3,(H,35,39)/t32-/m1/s1. The zero-order valence-electron chi connectivity index (χ0n) is 24.6. The summed E-state index contributed by atoms with van der Waals surface area (Å²) >= 11 is 1.51. The van der Waals surface area contributed by atoms with Gasteiger partial charge in [-0.3, -0.25) is 13.9 Å². The topological polar surface area (TPSA) is 86.8 Å². The van der Waals surface area contributed by atoms with E-state index >= 15 is 0 Å². The molecule has 4 aromatic carbocycles. The fraction of sp³-hybridized carbons (Fsp3) is 0.235. The first-order valence-electron chi connectivity index (χ1n) is 14.1. The number of anilines is 1. The first-order chi connectivity index (χ1) is 20.7. The summed E-state index contributed by atoms with van der Waals surface area (Å²) < 4.78 is 29.3. The molecular formula is C34H37N3O4S2. The number of aryl methyl sites for hydroxylation is 1. The summed E-state index contributed by atoms with van der Waals surface area (Å²) in [6, 6.07) is 31.7. The van der Waals surface area contributed by atoms with Crippen molar-refractivity contribution in [1.29, 1.82) is 0 Å². The Bertz CT molecular complexity index is 1600. The monoisotopic (exact) mass is 615 g/mol. The summed E-state index contributed by atoms with van der Waals surface area (Å²) in [6.07, 6.45) is 2.20. The van der Waals surface area contributed by atoms with Crippen LogP contribution in [0.1, 0.15) is 23.6 Å². The summed E-state index contributed by atoms with van der Waals surface area (Å²) in [5.74, 6) is -0.783. The van der Waals surface area contributed by atoms with Crippen molar-refractivity contribution in [2.24, 2.45) is 0 Å². The number of hydrogen-bond acceptors (Lipinski definition) is 5. The van der Waals surface area contributed by atoms with Crippen LogP contribution < -0.4 is 9.62 Å². The van der Waals surface area contributed by atoms with Crippen molar-refractivity contribution in [2.45, 2.75) is 42.6 Å². The molecule has 4 rings (SSSR count). The number of hydrogen-bond donors (Lipinski definition) is 1. The van der Waals surface area contributed by atoms with Gasteiger partial charge in [-0.2, -0.15) is 0 Å². The van der Waals surface area contributed by atoms with E-state index in [2.05, 4.69) is 5.32 Å². The highest BCUT2D eigenvalue weighted by Gasteiger charge is 2.34. The van der Waals surface area contributed by atoms with Crippen molar-refractivity contribution < 1.29 is 18.0 Å². The van der Waals surface area contributed by atoms with Crippen LogP contribution in [0.5, 0.6) is 0 Å². The third-order valence-corrected chi connectivity index (χ3v) is 9.60. The van der Waals surface area contributed by atoms with Gasteiger partial charge >= 0.3 is 0 Å². The Morgan fingerprint density at radius 3 is 1.95 bits per heavy atom. The van der Waals surface area contributed by atoms with Crippen molar-refractivity contribution in [2.75, 3.05) is 23.7 Å². The highest BCUT2D eigenvalue weighted by Crippen LogP contribution is 2.27. The van der Waals surface area contributed by atoms with Crippen LogP contribution in [0.3, 0.4) is 0 Å². The Morgan fingerprint density at radius 2 is 1.40 bits per heavy atom. The number of nitrogens with zero attached hydrogens (tertiary/aromatic N) is 2. The second-order valence-corrected chi connectivity index (χ2v) is 12.9. The molecule has 0 bridgehead atoms. The molecule has 0 unspecified atom stereocenters. The average Bonchev–Trinajstić information content (AvgIpc) is 3.03. The van der Waals surface area contributed by atoms with Gasteiger partial charge in [-0.15, -0.1) is 11.8 Å². The first kappa shape index (κ1) is 31.8. The molecule has 0 radical (unpaired) electrons. The van der Waals surface area contributed by atoms with Gasteiger partial charge in [-0.25, -0.2) is 8.42 Å². The Kier molecular flexibility index (Phi) is 11.0. The van der Waals surface area contributed by atoms with E-state index in [0.717, 1.165) is 25.9 Å².